The van der Waals surface area contributed by atoms with Gasteiger partial charge in [0.1, 0.15) is 0 Å². The number of benzene rings is 1. The Kier molecular flexibility index (Phi) is 2.92. The van der Waals surface area contributed by atoms with Crippen molar-refractivity contribution in [3.63, 3.8) is 0 Å². The normalized spacial score (nSPS) is 24.9. The van der Waals surface area contributed by atoms with Crippen molar-refractivity contribution in [3.8, 4) is 0 Å². The van der Waals surface area contributed by atoms with Gasteiger partial charge in [-0.2, -0.15) is 0 Å². The van der Waals surface area contributed by atoms with E-state index in [2.05, 4.69) is 0 Å². The number of carbonyl (C=O) groups is 1. The van der Waals surface area contributed by atoms with E-state index in [9.17, 15) is 9.90 Å². The molecule has 0 saturated carbocycles. The van der Waals surface area contributed by atoms with Crippen LogP contribution in [0.3, 0.4) is 0 Å². The van der Waals surface area contributed by atoms with E-state index in [-0.39, 0.29) is 18.6 Å². The summed E-state index contributed by atoms with van der Waals surface area (Å²) in [6.07, 6.45) is 5.09. The fraction of sp³-hybridized carbons (Fsp3) is 0.400. The zero-order valence-corrected chi connectivity index (χ0v) is 10.3. The molecule has 0 aromatic heterocycles. The molecule has 1 amide bonds. The summed E-state index contributed by atoms with van der Waals surface area (Å²) in [6.45, 7) is 0.864. The van der Waals surface area contributed by atoms with Gasteiger partial charge in [-0.05, 0) is 36.5 Å². The van der Waals surface area contributed by atoms with Gasteiger partial charge in [-0.3, -0.25) is 4.79 Å². The molecule has 3 nitrogen and oxygen atoms in total. The fourth-order valence-electron chi connectivity index (χ4n) is 3.10. The fourth-order valence-corrected chi connectivity index (χ4v) is 3.10. The minimum atomic E-state index is 0.0300. The van der Waals surface area contributed by atoms with E-state index >= 15 is 0 Å². The summed E-state index contributed by atoms with van der Waals surface area (Å²) in [7, 11) is 0. The Hall–Kier alpha value is -1.61. The van der Waals surface area contributed by atoms with Gasteiger partial charge in [0.25, 0.3) is 5.91 Å². The predicted molar refractivity (Wildman–Crippen MR) is 70.2 cm³/mol. The van der Waals surface area contributed by atoms with Crippen LogP contribution in [0.1, 0.15) is 35.2 Å². The van der Waals surface area contributed by atoms with Crippen LogP contribution in [0.2, 0.25) is 0 Å². The predicted octanol–water partition coefficient (Wildman–Crippen LogP) is 2.07. The first-order chi connectivity index (χ1) is 8.83. The Morgan fingerprint density at radius 1 is 1.28 bits per heavy atom. The van der Waals surface area contributed by atoms with Crippen molar-refractivity contribution in [3.05, 3.63) is 41.5 Å². The van der Waals surface area contributed by atoms with Gasteiger partial charge >= 0.3 is 0 Å². The van der Waals surface area contributed by atoms with Crippen molar-refractivity contribution in [2.45, 2.75) is 25.3 Å². The maximum absolute atomic E-state index is 12.4. The Morgan fingerprint density at radius 3 is 2.83 bits per heavy atom. The number of piperidine rings is 1. The third-order valence-electron chi connectivity index (χ3n) is 3.90. The molecule has 18 heavy (non-hydrogen) atoms. The molecule has 0 aliphatic carbocycles. The Labute approximate surface area is 107 Å². The third kappa shape index (κ3) is 1.66. The Bertz CT molecular complexity index is 507. The van der Waals surface area contributed by atoms with E-state index in [0.717, 1.165) is 42.5 Å². The molecule has 2 aliphatic rings. The van der Waals surface area contributed by atoms with Gasteiger partial charge in [-0.25, -0.2) is 0 Å². The van der Waals surface area contributed by atoms with Crippen LogP contribution < -0.4 is 0 Å². The third-order valence-corrected chi connectivity index (χ3v) is 3.90. The quantitative estimate of drug-likeness (QED) is 0.820. The van der Waals surface area contributed by atoms with Gasteiger partial charge < -0.3 is 10.0 Å². The highest BCUT2D eigenvalue weighted by atomic mass is 16.2. The number of nitrogens with zero attached hydrogens (tertiary/aromatic N) is 1. The molecule has 3 rings (SSSR count). The lowest BCUT2D eigenvalue weighted by Crippen LogP contribution is -2.47. The van der Waals surface area contributed by atoms with E-state index < -0.39 is 0 Å². The summed E-state index contributed by atoms with van der Waals surface area (Å²) < 4.78 is 0. The van der Waals surface area contributed by atoms with Crippen molar-refractivity contribution >= 4 is 11.5 Å². The molecule has 1 aromatic rings. The second-order valence-electron chi connectivity index (χ2n) is 4.90. The average Bonchev–Trinajstić information content (AvgIpc) is 2.43. The van der Waals surface area contributed by atoms with Crippen LogP contribution >= 0.6 is 0 Å². The maximum Gasteiger partial charge on any atom is 0.254 e. The highest BCUT2D eigenvalue weighted by Gasteiger charge is 2.36. The van der Waals surface area contributed by atoms with Crippen LogP contribution in [0.4, 0.5) is 0 Å². The molecule has 0 radical (unpaired) electrons. The van der Waals surface area contributed by atoms with Crippen LogP contribution in [0.25, 0.3) is 5.57 Å². The van der Waals surface area contributed by atoms with Gasteiger partial charge in [-0.15, -0.1) is 0 Å². The molecule has 0 bridgehead atoms. The number of hydrogen-bond donors (Lipinski definition) is 1. The van der Waals surface area contributed by atoms with Crippen molar-refractivity contribution in [1.29, 1.82) is 0 Å². The number of carbonyl (C=O) groups excluding carboxylic acids is 1. The van der Waals surface area contributed by atoms with Gasteiger partial charge in [0, 0.05) is 12.1 Å². The molecule has 2 aliphatic heterocycles. The van der Waals surface area contributed by atoms with Crippen LogP contribution in [0.5, 0.6) is 0 Å². The van der Waals surface area contributed by atoms with Crippen molar-refractivity contribution in [2.24, 2.45) is 0 Å². The molecule has 94 valence electrons. The van der Waals surface area contributed by atoms with Gasteiger partial charge in [0.2, 0.25) is 0 Å². The van der Waals surface area contributed by atoms with E-state index in [0.29, 0.717) is 0 Å². The maximum atomic E-state index is 12.4. The van der Waals surface area contributed by atoms with Crippen molar-refractivity contribution in [2.75, 3.05) is 13.2 Å². The number of hydrogen-bond acceptors (Lipinski definition) is 2. The summed E-state index contributed by atoms with van der Waals surface area (Å²) in [5.41, 5.74) is 2.89. The van der Waals surface area contributed by atoms with E-state index in [1.54, 1.807) is 0 Å². The van der Waals surface area contributed by atoms with Crippen LogP contribution in [-0.2, 0) is 0 Å². The first-order valence-corrected chi connectivity index (χ1v) is 6.54. The van der Waals surface area contributed by atoms with Gasteiger partial charge in [0.15, 0.2) is 0 Å². The Balaban J connectivity index is 2.14. The van der Waals surface area contributed by atoms with E-state index in [4.69, 9.17) is 0 Å². The second-order valence-corrected chi connectivity index (χ2v) is 4.90. The summed E-state index contributed by atoms with van der Waals surface area (Å²) in [4.78, 5) is 14.4. The number of rotatable bonds is 1. The second kappa shape index (κ2) is 4.58. The molecular formula is C15H17NO2. The molecule has 1 atom stereocenters. The summed E-state index contributed by atoms with van der Waals surface area (Å²) in [6, 6.07) is 7.88. The lowest BCUT2D eigenvalue weighted by molar-refractivity contribution is 0.0658. The minimum absolute atomic E-state index is 0.0300. The monoisotopic (exact) mass is 243 g/mol. The molecule has 3 heteroatoms. The molecule has 1 N–H and O–H groups in total. The van der Waals surface area contributed by atoms with Crippen molar-refractivity contribution < 1.29 is 9.90 Å². The highest BCUT2D eigenvalue weighted by Crippen LogP contribution is 2.36. The zero-order chi connectivity index (χ0) is 12.5. The summed E-state index contributed by atoms with van der Waals surface area (Å²) in [5.74, 6) is 0.144. The first kappa shape index (κ1) is 11.5. The molecule has 1 unspecified atom stereocenters. The molecule has 1 aromatic carbocycles. The molecule has 0 spiro atoms. The smallest absolute Gasteiger partial charge is 0.254 e. The molecular weight excluding hydrogens is 226 g/mol. The standard InChI is InChI=1S/C15H17NO2/c17-10-8-12-11-5-1-2-6-13(11)15(18)16-9-4-3-7-14(12)16/h1-2,5-6,8,14,17H,3-4,7,9-10H2/b12-8-. The van der Waals surface area contributed by atoms with Crippen LogP contribution in [-0.4, -0.2) is 35.1 Å². The first-order valence-electron chi connectivity index (χ1n) is 6.54. The molecule has 1 fully saturated rings. The lowest BCUT2D eigenvalue weighted by atomic mass is 9.83. The van der Waals surface area contributed by atoms with E-state index in [1.165, 1.54) is 0 Å². The summed E-state index contributed by atoms with van der Waals surface area (Å²) >= 11 is 0. The SMILES string of the molecule is O=C1c2ccccc2/C(=C/CO)C2CCCCN12. The zero-order valence-electron chi connectivity index (χ0n) is 10.3. The largest absolute Gasteiger partial charge is 0.392 e. The highest BCUT2D eigenvalue weighted by molar-refractivity contribution is 6.03. The van der Waals surface area contributed by atoms with Crippen molar-refractivity contribution in [1.82, 2.24) is 4.90 Å². The van der Waals surface area contributed by atoms with Gasteiger partial charge in [-0.1, -0.05) is 24.3 Å². The average molecular weight is 243 g/mol. The van der Waals surface area contributed by atoms with Gasteiger partial charge in [0.05, 0.1) is 12.6 Å². The number of aliphatic hydroxyl groups is 1. The van der Waals surface area contributed by atoms with E-state index in [1.807, 2.05) is 35.2 Å². The number of aliphatic hydroxyl groups excluding tert-OH is 1. The minimum Gasteiger partial charge on any atom is -0.392 e. The van der Waals surface area contributed by atoms with Crippen LogP contribution in [0.15, 0.2) is 30.3 Å². The molecule has 2 heterocycles. The number of fused-ring (bicyclic) bond motifs is 2. The van der Waals surface area contributed by atoms with Crippen LogP contribution in [0, 0.1) is 0 Å². The lowest BCUT2D eigenvalue weighted by Gasteiger charge is -2.41. The topological polar surface area (TPSA) is 40.5 Å². The number of amides is 1. The molecule has 1 saturated heterocycles. The Morgan fingerprint density at radius 2 is 2.06 bits per heavy atom. The summed E-state index contributed by atoms with van der Waals surface area (Å²) in [5, 5.41) is 9.22.